The number of ketones is 1. The number of carbonyl (C=O) groups excluding carboxylic acids is 2. The summed E-state index contributed by atoms with van der Waals surface area (Å²) in [7, 11) is 0. The standard InChI is InChI=1S/C6H12O7.C6H10O6.C6H12O6.C6H10O6/c7-1-2(8)3(9)4(10)5(11)6(12)13;7-2-4-3(8)1-6(11,12-4)5(9)10;7-1-3(9)5(11)6(12)4(10)2-8;7-2-5(10)3(8)1-4(9)6(11)12/h2-5,7-11H,1H2,(H,12,13);3-4,7-8,11H,1-2H2,(H,9,10);1,3-6,8-12H,2H2;3,5,7-8,10H,1-2H2,(H,11,12)/t2-,3-,4+,5-;3-,4+,6?;3-,4+,5+,6+;3-,5+/m1000/s1. The smallest absolute Gasteiger partial charge is 0.372 e. The molecule has 0 aliphatic carbocycles. The number of hydrogen-bond donors (Lipinski definition) is 19. The molecule has 1 aliphatic heterocycles. The number of rotatable bonds is 17. The zero-order chi connectivity index (χ0) is 39.4. The van der Waals surface area contributed by atoms with Crippen LogP contribution in [0.2, 0.25) is 0 Å². The van der Waals surface area contributed by atoms with Gasteiger partial charge in [-0.25, -0.2) is 14.4 Å². The van der Waals surface area contributed by atoms with Gasteiger partial charge in [0.05, 0.1) is 38.6 Å². The van der Waals surface area contributed by atoms with Crippen LogP contribution in [0.5, 0.6) is 0 Å². The average molecular weight is 733 g/mol. The Morgan fingerprint density at radius 1 is 0.694 bits per heavy atom. The van der Waals surface area contributed by atoms with Gasteiger partial charge >= 0.3 is 17.9 Å². The van der Waals surface area contributed by atoms with Crippen LogP contribution in [0.1, 0.15) is 12.8 Å². The minimum Gasteiger partial charge on any atom is -0.479 e. The summed E-state index contributed by atoms with van der Waals surface area (Å²) in [5, 5.41) is 164. The van der Waals surface area contributed by atoms with Crippen LogP contribution < -0.4 is 0 Å². The summed E-state index contributed by atoms with van der Waals surface area (Å²) in [4.78, 5) is 50.7. The van der Waals surface area contributed by atoms with Crippen molar-refractivity contribution in [2.24, 2.45) is 0 Å². The fourth-order valence-corrected chi connectivity index (χ4v) is 2.91. The summed E-state index contributed by atoms with van der Waals surface area (Å²) in [6, 6.07) is 0. The van der Waals surface area contributed by atoms with Crippen molar-refractivity contribution in [1.29, 1.82) is 0 Å². The first-order valence-corrected chi connectivity index (χ1v) is 13.4. The normalized spacial score (nSPS) is 24.5. The van der Waals surface area contributed by atoms with E-state index in [1.165, 1.54) is 0 Å². The maximum Gasteiger partial charge on any atom is 0.372 e. The number of aliphatic hydroxyl groups is 16. The van der Waals surface area contributed by atoms with Gasteiger partial charge in [0, 0.05) is 12.8 Å². The molecule has 1 fully saturated rings. The van der Waals surface area contributed by atoms with E-state index in [4.69, 9.17) is 97.0 Å². The third-order valence-corrected chi connectivity index (χ3v) is 5.97. The average Bonchev–Trinajstić information content (AvgIpc) is 3.39. The third kappa shape index (κ3) is 18.6. The second-order valence-corrected chi connectivity index (χ2v) is 9.82. The van der Waals surface area contributed by atoms with Crippen LogP contribution >= 0.6 is 0 Å². The van der Waals surface area contributed by atoms with E-state index in [0.717, 1.165) is 0 Å². The molecule has 25 heteroatoms. The summed E-state index contributed by atoms with van der Waals surface area (Å²) < 4.78 is 4.53. The lowest BCUT2D eigenvalue weighted by molar-refractivity contribution is -0.219. The van der Waals surface area contributed by atoms with Gasteiger partial charge in [-0.2, -0.15) is 0 Å². The van der Waals surface area contributed by atoms with Gasteiger partial charge in [-0.15, -0.1) is 0 Å². The van der Waals surface area contributed by atoms with Crippen LogP contribution in [0, 0.1) is 0 Å². The summed E-state index contributed by atoms with van der Waals surface area (Å²) in [5.41, 5.74) is 0. The minimum absolute atomic E-state index is 0.0258. The van der Waals surface area contributed by atoms with Crippen LogP contribution in [0.3, 0.4) is 0 Å². The fraction of sp³-hybridized carbons (Fsp3) is 0.792. The fourth-order valence-electron chi connectivity index (χ4n) is 2.91. The molecular formula is C24H44O25. The van der Waals surface area contributed by atoms with Crippen molar-refractivity contribution in [2.75, 3.05) is 26.4 Å². The molecule has 0 aromatic heterocycles. The maximum absolute atomic E-state index is 10.4. The topological polar surface area (TPSA) is 479 Å². The molecule has 0 saturated carbocycles. The van der Waals surface area contributed by atoms with E-state index in [2.05, 4.69) is 4.74 Å². The lowest BCUT2D eigenvalue weighted by Gasteiger charge is -2.23. The Morgan fingerprint density at radius 2 is 1.12 bits per heavy atom. The van der Waals surface area contributed by atoms with Crippen molar-refractivity contribution in [2.45, 2.75) is 91.9 Å². The predicted molar refractivity (Wildman–Crippen MR) is 147 cm³/mol. The van der Waals surface area contributed by atoms with Crippen molar-refractivity contribution in [3.63, 3.8) is 0 Å². The molecule has 0 amide bonds. The molecule has 25 nitrogen and oxygen atoms in total. The zero-order valence-electron chi connectivity index (χ0n) is 25.2. The number of carbonyl (C=O) groups is 5. The number of aliphatic carboxylic acids is 3. The van der Waals surface area contributed by atoms with Crippen molar-refractivity contribution in [3.05, 3.63) is 0 Å². The minimum atomic E-state index is -2.35. The van der Waals surface area contributed by atoms with E-state index in [1.807, 2.05) is 0 Å². The monoisotopic (exact) mass is 732 g/mol. The molecule has 1 aliphatic rings. The van der Waals surface area contributed by atoms with Crippen LogP contribution in [0.4, 0.5) is 0 Å². The Balaban J connectivity index is -0.000000576. The van der Waals surface area contributed by atoms with Crippen LogP contribution in [-0.2, 0) is 28.7 Å². The summed E-state index contributed by atoms with van der Waals surface area (Å²) in [6.07, 6.45) is -21.0. The molecule has 1 saturated heterocycles. The van der Waals surface area contributed by atoms with E-state index in [9.17, 15) is 24.0 Å². The van der Waals surface area contributed by atoms with Crippen LogP contribution in [0.25, 0.3) is 0 Å². The molecule has 290 valence electrons. The first-order chi connectivity index (χ1) is 22.4. The van der Waals surface area contributed by atoms with E-state index in [-0.39, 0.29) is 6.29 Å². The molecule has 0 radical (unpaired) electrons. The highest BCUT2D eigenvalue weighted by Gasteiger charge is 2.50. The Kier molecular flexibility index (Phi) is 25.8. The highest BCUT2D eigenvalue weighted by atomic mass is 16.7. The summed E-state index contributed by atoms with van der Waals surface area (Å²) in [5.74, 6) is -8.50. The number of carboxylic acids is 3. The quantitative estimate of drug-likeness (QED) is 0.0487. The second-order valence-electron chi connectivity index (χ2n) is 9.82. The number of aliphatic hydroxyl groups excluding tert-OH is 15. The van der Waals surface area contributed by atoms with Crippen LogP contribution in [-0.4, -0.2) is 232 Å². The number of hydrogen-bond acceptors (Lipinski definition) is 22. The molecule has 1 heterocycles. The second kappa shape index (κ2) is 25.1. The molecular weight excluding hydrogens is 688 g/mol. The summed E-state index contributed by atoms with van der Waals surface area (Å²) >= 11 is 0. The van der Waals surface area contributed by atoms with E-state index < -0.39 is 142 Å². The van der Waals surface area contributed by atoms with E-state index >= 15 is 0 Å². The molecule has 1 rings (SSSR count). The van der Waals surface area contributed by atoms with Gasteiger partial charge in [-0.3, -0.25) is 4.79 Å². The zero-order valence-corrected chi connectivity index (χ0v) is 25.2. The number of aldehydes is 1. The van der Waals surface area contributed by atoms with Gasteiger partial charge in [-0.1, -0.05) is 0 Å². The molecule has 1 unspecified atom stereocenters. The molecule has 0 aromatic carbocycles. The largest absolute Gasteiger partial charge is 0.479 e. The van der Waals surface area contributed by atoms with Gasteiger partial charge < -0.3 is 107 Å². The Hall–Kier alpha value is -2.93. The van der Waals surface area contributed by atoms with Crippen molar-refractivity contribution < 1.29 is 126 Å². The molecule has 0 aromatic rings. The number of Topliss-reactive ketones (excluding diaryl/α,β-unsaturated/α-hetero) is 1. The maximum atomic E-state index is 10.4. The molecule has 49 heavy (non-hydrogen) atoms. The SMILES string of the molecule is O=C(O)C(=O)C[C@H](O)[C@H](O)CO.O=C(O)C1(O)C[C@H](O)[C@@H](CO)O1.O=C(O)[C@H](O)[C@@H](O)[C@H](O)[C@H](O)CO.O=C[C@H](O)[C@@H](O)[C@H](O)[C@H](O)CO. The molecule has 0 bridgehead atoms. The van der Waals surface area contributed by atoms with Gasteiger partial charge in [0.25, 0.3) is 5.79 Å². The van der Waals surface area contributed by atoms with Gasteiger partial charge in [0.1, 0.15) is 54.9 Å². The van der Waals surface area contributed by atoms with Gasteiger partial charge in [0.2, 0.25) is 5.78 Å². The number of carboxylic acid groups (broad SMARTS) is 3. The first kappa shape index (κ1) is 50.4. The van der Waals surface area contributed by atoms with E-state index in [0.29, 0.717) is 0 Å². The Morgan fingerprint density at radius 3 is 1.41 bits per heavy atom. The Bertz CT molecular complexity index is 981. The summed E-state index contributed by atoms with van der Waals surface area (Å²) in [6.45, 7) is -2.83. The third-order valence-electron chi connectivity index (χ3n) is 5.97. The lowest BCUT2D eigenvalue weighted by atomic mass is 10.0. The van der Waals surface area contributed by atoms with Gasteiger partial charge in [0.15, 0.2) is 12.4 Å². The Labute approximate surface area is 274 Å². The van der Waals surface area contributed by atoms with Crippen molar-refractivity contribution in [3.8, 4) is 0 Å². The molecule has 0 spiro atoms. The molecule has 19 N–H and O–H groups in total. The lowest BCUT2D eigenvalue weighted by Crippen LogP contribution is -2.48. The molecule has 13 atom stereocenters. The highest BCUT2D eigenvalue weighted by molar-refractivity contribution is 6.32. The van der Waals surface area contributed by atoms with Crippen molar-refractivity contribution in [1.82, 2.24) is 0 Å². The predicted octanol–water partition coefficient (Wildman–Crippen LogP) is -11.2. The number of ether oxygens (including phenoxy) is 1. The first-order valence-electron chi connectivity index (χ1n) is 13.4. The van der Waals surface area contributed by atoms with Gasteiger partial charge in [-0.05, 0) is 0 Å². The van der Waals surface area contributed by atoms with Crippen molar-refractivity contribution >= 4 is 30.0 Å². The van der Waals surface area contributed by atoms with E-state index in [1.54, 1.807) is 0 Å². The highest BCUT2D eigenvalue weighted by Crippen LogP contribution is 2.28. The van der Waals surface area contributed by atoms with Crippen LogP contribution in [0.15, 0.2) is 0 Å².